The van der Waals surface area contributed by atoms with Crippen molar-refractivity contribution in [1.29, 1.82) is 0 Å². The molecule has 0 aromatic carbocycles. The molecule has 5 nitrogen and oxygen atoms in total. The van der Waals surface area contributed by atoms with Crippen LogP contribution in [0.15, 0.2) is 0 Å². The van der Waals surface area contributed by atoms with Gasteiger partial charge in [0.05, 0.1) is 13.2 Å². The average molecular weight is 391 g/mol. The zero-order chi connectivity index (χ0) is 20.6. The van der Waals surface area contributed by atoms with E-state index < -0.39 is 12.1 Å². The first-order valence-corrected chi connectivity index (χ1v) is 11.2. The molecule has 0 aromatic rings. The topological polar surface area (TPSA) is 98.0 Å². The molecule has 164 valence electrons. The highest BCUT2D eigenvalue weighted by atomic mass is 16.4. The summed E-state index contributed by atoms with van der Waals surface area (Å²) in [6.07, 6.45) is 20.7. The van der Waals surface area contributed by atoms with E-state index in [2.05, 4.69) is 6.92 Å². The number of hydrogen-bond acceptors (Lipinski definition) is 4. The number of hydrogen-bond donors (Lipinski definition) is 4. The number of aliphatic hydroxyl groups excluding tert-OH is 3. The van der Waals surface area contributed by atoms with Crippen molar-refractivity contribution in [3.8, 4) is 0 Å². The predicted molar refractivity (Wildman–Crippen MR) is 112 cm³/mol. The second-order valence-corrected chi connectivity index (χ2v) is 7.47. The third-order valence-electron chi connectivity index (χ3n) is 4.67. The van der Waals surface area contributed by atoms with Gasteiger partial charge in [0.25, 0.3) is 0 Å². The highest BCUT2D eigenvalue weighted by Gasteiger charge is 1.97. The lowest BCUT2D eigenvalue weighted by Gasteiger charge is -2.03. The van der Waals surface area contributed by atoms with Gasteiger partial charge in [-0.3, -0.25) is 4.79 Å². The van der Waals surface area contributed by atoms with E-state index in [9.17, 15) is 4.79 Å². The Morgan fingerprint density at radius 2 is 0.926 bits per heavy atom. The van der Waals surface area contributed by atoms with Gasteiger partial charge in [0.1, 0.15) is 6.10 Å². The number of unbranched alkanes of at least 4 members (excludes halogenated alkanes) is 15. The molecule has 0 radical (unpaired) electrons. The lowest BCUT2D eigenvalue weighted by Crippen LogP contribution is -2.15. The minimum atomic E-state index is -0.954. The van der Waals surface area contributed by atoms with Crippen molar-refractivity contribution in [2.75, 3.05) is 13.2 Å². The summed E-state index contributed by atoms with van der Waals surface area (Å²) in [6.45, 7) is 1.54. The molecular formula is C22H46O5. The third-order valence-corrected chi connectivity index (χ3v) is 4.67. The van der Waals surface area contributed by atoms with Crippen LogP contribution in [0.4, 0.5) is 0 Å². The molecule has 0 aromatic heterocycles. The van der Waals surface area contributed by atoms with Crippen LogP contribution < -0.4 is 0 Å². The Labute approximate surface area is 167 Å². The molecule has 0 bridgehead atoms. The summed E-state index contributed by atoms with van der Waals surface area (Å²) >= 11 is 0. The lowest BCUT2D eigenvalue weighted by molar-refractivity contribution is -0.137. The molecule has 5 heteroatoms. The van der Waals surface area contributed by atoms with Gasteiger partial charge in [0.15, 0.2) is 0 Å². The monoisotopic (exact) mass is 390 g/mol. The van der Waals surface area contributed by atoms with E-state index in [1.54, 1.807) is 0 Å². The van der Waals surface area contributed by atoms with E-state index in [4.69, 9.17) is 20.4 Å². The van der Waals surface area contributed by atoms with Crippen molar-refractivity contribution in [2.45, 2.75) is 122 Å². The van der Waals surface area contributed by atoms with Gasteiger partial charge in [0, 0.05) is 6.42 Å². The SMILES string of the molecule is CCCCCCCCCCCCCCCCCCC(=O)O.OCC(O)CO. The van der Waals surface area contributed by atoms with E-state index in [-0.39, 0.29) is 13.2 Å². The van der Waals surface area contributed by atoms with Gasteiger partial charge in [-0.05, 0) is 6.42 Å². The zero-order valence-electron chi connectivity index (χ0n) is 17.7. The Morgan fingerprint density at radius 3 is 1.15 bits per heavy atom. The molecule has 27 heavy (non-hydrogen) atoms. The lowest BCUT2D eigenvalue weighted by atomic mass is 10.0. The summed E-state index contributed by atoms with van der Waals surface area (Å²) in [7, 11) is 0. The molecule has 0 heterocycles. The van der Waals surface area contributed by atoms with Crippen molar-refractivity contribution in [3.05, 3.63) is 0 Å². The van der Waals surface area contributed by atoms with E-state index in [0.717, 1.165) is 12.8 Å². The Balaban J connectivity index is 0. The van der Waals surface area contributed by atoms with E-state index in [1.807, 2.05) is 0 Å². The highest BCUT2D eigenvalue weighted by Crippen LogP contribution is 2.13. The summed E-state index contributed by atoms with van der Waals surface area (Å²) in [6, 6.07) is 0. The van der Waals surface area contributed by atoms with Crippen LogP contribution in [-0.4, -0.2) is 45.7 Å². The van der Waals surface area contributed by atoms with E-state index >= 15 is 0 Å². The minimum absolute atomic E-state index is 0.346. The van der Waals surface area contributed by atoms with Gasteiger partial charge in [-0.25, -0.2) is 0 Å². The van der Waals surface area contributed by atoms with Gasteiger partial charge in [-0.2, -0.15) is 0 Å². The van der Waals surface area contributed by atoms with Gasteiger partial charge in [-0.15, -0.1) is 0 Å². The largest absolute Gasteiger partial charge is 0.481 e. The highest BCUT2D eigenvalue weighted by molar-refractivity contribution is 5.66. The molecule has 4 N–H and O–H groups in total. The minimum Gasteiger partial charge on any atom is -0.481 e. The molecule has 0 aliphatic rings. The maximum absolute atomic E-state index is 10.3. The van der Waals surface area contributed by atoms with Gasteiger partial charge >= 0.3 is 5.97 Å². The number of aliphatic carboxylic acids is 1. The zero-order valence-corrected chi connectivity index (χ0v) is 17.7. The van der Waals surface area contributed by atoms with Crippen LogP contribution in [0, 0.1) is 0 Å². The van der Waals surface area contributed by atoms with Crippen LogP contribution in [0.25, 0.3) is 0 Å². The van der Waals surface area contributed by atoms with Gasteiger partial charge < -0.3 is 20.4 Å². The summed E-state index contributed by atoms with van der Waals surface area (Å²) in [5, 5.41) is 32.5. The van der Waals surface area contributed by atoms with Crippen LogP contribution in [-0.2, 0) is 4.79 Å². The first-order chi connectivity index (χ1) is 13.1. The second-order valence-electron chi connectivity index (χ2n) is 7.47. The summed E-state index contributed by atoms with van der Waals surface area (Å²) in [5.74, 6) is -0.652. The fourth-order valence-corrected chi connectivity index (χ4v) is 2.88. The Bertz CT molecular complexity index is 280. The molecular weight excluding hydrogens is 344 g/mol. The Kier molecular flexibility index (Phi) is 26.8. The molecule has 0 amide bonds. The van der Waals surface area contributed by atoms with Gasteiger partial charge in [0.2, 0.25) is 0 Å². The first-order valence-electron chi connectivity index (χ1n) is 11.2. The summed E-state index contributed by atoms with van der Waals surface area (Å²) in [4.78, 5) is 10.3. The van der Waals surface area contributed by atoms with Gasteiger partial charge in [-0.1, -0.05) is 103 Å². The standard InChI is InChI=1S/C19H38O2.C3H8O3/c1-2-3-4-5-6-7-8-9-10-11-12-13-14-15-16-17-18-19(20)21;4-1-3(6)2-5/h2-18H2,1H3,(H,20,21);3-6H,1-2H2. The molecule has 0 spiro atoms. The molecule has 0 aliphatic heterocycles. The number of carboxylic acid groups (broad SMARTS) is 1. The summed E-state index contributed by atoms with van der Waals surface area (Å²) < 4.78 is 0. The fraction of sp³-hybridized carbons (Fsp3) is 0.955. The molecule has 0 aliphatic carbocycles. The molecule has 0 rings (SSSR count). The first kappa shape index (κ1) is 28.6. The van der Waals surface area contributed by atoms with Crippen molar-refractivity contribution in [3.63, 3.8) is 0 Å². The molecule has 0 unspecified atom stereocenters. The maximum atomic E-state index is 10.3. The fourth-order valence-electron chi connectivity index (χ4n) is 2.88. The number of carboxylic acids is 1. The van der Waals surface area contributed by atoms with Crippen LogP contribution in [0.3, 0.4) is 0 Å². The van der Waals surface area contributed by atoms with Crippen LogP contribution in [0.1, 0.15) is 116 Å². The van der Waals surface area contributed by atoms with Crippen molar-refractivity contribution < 1.29 is 25.2 Å². The average Bonchev–Trinajstić information content (AvgIpc) is 2.67. The van der Waals surface area contributed by atoms with Crippen molar-refractivity contribution >= 4 is 5.97 Å². The number of aliphatic hydroxyl groups is 3. The normalized spacial score (nSPS) is 10.7. The quantitative estimate of drug-likeness (QED) is 0.231. The molecule has 0 saturated carbocycles. The third kappa shape index (κ3) is 30.3. The maximum Gasteiger partial charge on any atom is 0.303 e. The Morgan fingerprint density at radius 1 is 0.630 bits per heavy atom. The smallest absolute Gasteiger partial charge is 0.303 e. The van der Waals surface area contributed by atoms with Crippen molar-refractivity contribution in [1.82, 2.24) is 0 Å². The van der Waals surface area contributed by atoms with Crippen LogP contribution in [0.5, 0.6) is 0 Å². The van der Waals surface area contributed by atoms with Crippen LogP contribution in [0.2, 0.25) is 0 Å². The molecule has 0 fully saturated rings. The number of carbonyl (C=O) groups is 1. The van der Waals surface area contributed by atoms with Crippen molar-refractivity contribution in [2.24, 2.45) is 0 Å². The van der Waals surface area contributed by atoms with Crippen LogP contribution >= 0.6 is 0 Å². The Hall–Kier alpha value is -0.650. The van der Waals surface area contributed by atoms with E-state index in [1.165, 1.54) is 89.9 Å². The summed E-state index contributed by atoms with van der Waals surface area (Å²) in [5.41, 5.74) is 0. The predicted octanol–water partition coefficient (Wildman–Crippen LogP) is 5.05. The second kappa shape index (κ2) is 25.4. The van der Waals surface area contributed by atoms with E-state index in [0.29, 0.717) is 6.42 Å². The number of rotatable bonds is 19. The molecule has 0 saturated heterocycles. The molecule has 0 atom stereocenters.